The number of nitrogens with one attached hydrogen (secondary N) is 1. The number of amides is 1. The van der Waals surface area contributed by atoms with Crippen LogP contribution in [0.25, 0.3) is 0 Å². The van der Waals surface area contributed by atoms with Gasteiger partial charge in [-0.2, -0.15) is 0 Å². The van der Waals surface area contributed by atoms with Crippen LogP contribution in [0.1, 0.15) is 10.4 Å². The summed E-state index contributed by atoms with van der Waals surface area (Å²) in [5, 5.41) is 12.3. The third-order valence-electron chi connectivity index (χ3n) is 2.70. The highest BCUT2D eigenvalue weighted by atomic mass is 35.5. The van der Waals surface area contributed by atoms with E-state index in [1.54, 1.807) is 0 Å². The number of ether oxygens (including phenoxy) is 1. The molecule has 2 N–H and O–H groups in total. The van der Waals surface area contributed by atoms with Gasteiger partial charge >= 0.3 is 0 Å². The highest BCUT2D eigenvalue weighted by Crippen LogP contribution is 2.35. The Hall–Kier alpha value is -1.98. The number of carbonyl (C=O) groups excluding carboxylic acids is 1. The van der Waals surface area contributed by atoms with E-state index in [4.69, 9.17) is 27.9 Å². The lowest BCUT2D eigenvalue weighted by Crippen LogP contribution is -2.14. The molecule has 4 nitrogen and oxygen atoms in total. The lowest BCUT2D eigenvalue weighted by atomic mass is 10.2. The molecule has 2 rings (SSSR count). The van der Waals surface area contributed by atoms with Gasteiger partial charge in [-0.15, -0.1) is 0 Å². The Labute approximate surface area is 130 Å². The van der Waals surface area contributed by atoms with Crippen molar-refractivity contribution >= 4 is 34.8 Å². The number of hydrogen-bond donors (Lipinski definition) is 2. The maximum absolute atomic E-state index is 13.8. The van der Waals surface area contributed by atoms with Crippen LogP contribution in [0, 0.1) is 5.82 Å². The molecular weight excluding hydrogens is 320 g/mol. The lowest BCUT2D eigenvalue weighted by Gasteiger charge is -2.10. The van der Waals surface area contributed by atoms with Crippen LogP contribution in [0.4, 0.5) is 10.1 Å². The highest BCUT2D eigenvalue weighted by Gasteiger charge is 2.16. The van der Waals surface area contributed by atoms with E-state index in [1.807, 2.05) is 0 Å². The van der Waals surface area contributed by atoms with Crippen LogP contribution in [-0.2, 0) is 0 Å². The summed E-state index contributed by atoms with van der Waals surface area (Å²) in [6.45, 7) is 0. The summed E-state index contributed by atoms with van der Waals surface area (Å²) in [6.07, 6.45) is 0. The Bertz CT molecular complexity index is 707. The Balaban J connectivity index is 2.30. The molecule has 0 saturated carbocycles. The quantitative estimate of drug-likeness (QED) is 0.833. The van der Waals surface area contributed by atoms with Gasteiger partial charge in [0.25, 0.3) is 5.91 Å². The normalized spacial score (nSPS) is 10.3. The molecule has 0 aliphatic carbocycles. The van der Waals surface area contributed by atoms with Crippen LogP contribution in [0.3, 0.4) is 0 Å². The van der Waals surface area contributed by atoms with Crippen LogP contribution in [-0.4, -0.2) is 18.1 Å². The number of halogens is 3. The van der Waals surface area contributed by atoms with Crippen molar-refractivity contribution in [2.75, 3.05) is 12.4 Å². The number of rotatable bonds is 3. The highest BCUT2D eigenvalue weighted by molar-refractivity contribution is 6.36. The molecule has 0 unspecified atom stereocenters. The Kier molecular flexibility index (Phi) is 4.55. The number of hydrogen-bond acceptors (Lipinski definition) is 3. The average Bonchev–Trinajstić information content (AvgIpc) is 2.43. The van der Waals surface area contributed by atoms with E-state index in [0.29, 0.717) is 0 Å². The molecular formula is C14H10Cl2FNO3. The van der Waals surface area contributed by atoms with Crippen LogP contribution in [0.15, 0.2) is 30.3 Å². The van der Waals surface area contributed by atoms with Gasteiger partial charge in [-0.1, -0.05) is 23.2 Å². The van der Waals surface area contributed by atoms with Crippen LogP contribution in [0.2, 0.25) is 10.0 Å². The van der Waals surface area contributed by atoms with Crippen molar-refractivity contribution in [3.05, 3.63) is 51.8 Å². The van der Waals surface area contributed by atoms with Gasteiger partial charge in [0.2, 0.25) is 0 Å². The van der Waals surface area contributed by atoms with Gasteiger partial charge in [0.15, 0.2) is 5.75 Å². The molecule has 0 saturated heterocycles. The monoisotopic (exact) mass is 329 g/mol. The first-order chi connectivity index (χ1) is 9.92. The number of aromatic hydroxyl groups is 1. The first kappa shape index (κ1) is 15.4. The minimum Gasteiger partial charge on any atom is -0.504 e. The van der Waals surface area contributed by atoms with Gasteiger partial charge < -0.3 is 15.2 Å². The zero-order valence-electron chi connectivity index (χ0n) is 10.8. The number of benzene rings is 2. The minimum absolute atomic E-state index is 0.00674. The van der Waals surface area contributed by atoms with Crippen LogP contribution in [0.5, 0.6) is 11.5 Å². The zero-order chi connectivity index (χ0) is 15.6. The van der Waals surface area contributed by atoms with E-state index in [2.05, 4.69) is 5.32 Å². The fourth-order valence-electron chi connectivity index (χ4n) is 1.66. The van der Waals surface area contributed by atoms with Crippen molar-refractivity contribution < 1.29 is 19.0 Å². The molecule has 21 heavy (non-hydrogen) atoms. The van der Waals surface area contributed by atoms with Crippen molar-refractivity contribution in [2.45, 2.75) is 0 Å². The van der Waals surface area contributed by atoms with E-state index in [0.717, 1.165) is 6.07 Å². The zero-order valence-corrected chi connectivity index (χ0v) is 12.3. The second-order valence-corrected chi connectivity index (χ2v) is 4.93. The number of phenolic OH excluding ortho intramolecular Hbond substituents is 1. The summed E-state index contributed by atoms with van der Waals surface area (Å²) in [6, 6.07) is 6.43. The SMILES string of the molecule is COc1ccc(C(=O)Nc2cc(Cl)cc(Cl)c2O)c(F)c1. The predicted octanol–water partition coefficient (Wildman–Crippen LogP) is 4.10. The van der Waals surface area contributed by atoms with Gasteiger partial charge in [-0.05, 0) is 24.3 Å². The summed E-state index contributed by atoms with van der Waals surface area (Å²) in [4.78, 5) is 12.0. The van der Waals surface area contributed by atoms with Gasteiger partial charge in [0.05, 0.1) is 23.4 Å². The molecule has 1 amide bonds. The third-order valence-corrected chi connectivity index (χ3v) is 3.20. The van der Waals surface area contributed by atoms with Crippen molar-refractivity contribution in [2.24, 2.45) is 0 Å². The molecule has 110 valence electrons. The number of methoxy groups -OCH3 is 1. The maximum atomic E-state index is 13.8. The summed E-state index contributed by atoms with van der Waals surface area (Å²) in [5.41, 5.74) is -0.209. The van der Waals surface area contributed by atoms with E-state index >= 15 is 0 Å². The smallest absolute Gasteiger partial charge is 0.258 e. The molecule has 7 heteroatoms. The van der Waals surface area contributed by atoms with Crippen LogP contribution >= 0.6 is 23.2 Å². The van der Waals surface area contributed by atoms with Gasteiger partial charge in [-0.3, -0.25) is 4.79 Å². The number of phenols is 1. The van der Waals surface area contributed by atoms with E-state index in [-0.39, 0.29) is 32.8 Å². The average molecular weight is 330 g/mol. The number of anilines is 1. The van der Waals surface area contributed by atoms with E-state index in [9.17, 15) is 14.3 Å². The molecule has 0 bridgehead atoms. The number of carbonyl (C=O) groups is 1. The Morgan fingerprint density at radius 1 is 1.29 bits per heavy atom. The van der Waals surface area contributed by atoms with Gasteiger partial charge in [0, 0.05) is 11.1 Å². The van der Waals surface area contributed by atoms with Crippen molar-refractivity contribution in [1.29, 1.82) is 0 Å². The van der Waals surface area contributed by atoms with Crippen molar-refractivity contribution in [1.82, 2.24) is 0 Å². The molecule has 0 radical (unpaired) electrons. The summed E-state index contributed by atoms with van der Waals surface area (Å²) in [5.74, 6) is -1.55. The largest absolute Gasteiger partial charge is 0.504 e. The van der Waals surface area contributed by atoms with Crippen molar-refractivity contribution in [3.8, 4) is 11.5 Å². The molecule has 0 spiro atoms. The first-order valence-corrected chi connectivity index (χ1v) is 6.51. The topological polar surface area (TPSA) is 58.6 Å². The molecule has 2 aromatic rings. The molecule has 0 aromatic heterocycles. The van der Waals surface area contributed by atoms with E-state index in [1.165, 1.54) is 31.4 Å². The Morgan fingerprint density at radius 2 is 2.00 bits per heavy atom. The van der Waals surface area contributed by atoms with Crippen LogP contribution < -0.4 is 10.1 Å². The molecule has 2 aromatic carbocycles. The standard InChI is InChI=1S/C14H10Cl2FNO3/c1-21-8-2-3-9(11(17)6-8)14(20)18-12-5-7(15)4-10(16)13(12)19/h2-6,19H,1H3,(H,18,20). The lowest BCUT2D eigenvalue weighted by molar-refractivity contribution is 0.102. The molecule has 0 heterocycles. The first-order valence-electron chi connectivity index (χ1n) is 5.75. The predicted molar refractivity (Wildman–Crippen MR) is 79.0 cm³/mol. The molecule has 0 aliphatic heterocycles. The molecule has 0 aliphatic rings. The van der Waals surface area contributed by atoms with Gasteiger partial charge in [-0.25, -0.2) is 4.39 Å². The molecule has 0 fully saturated rings. The van der Waals surface area contributed by atoms with Crippen molar-refractivity contribution in [3.63, 3.8) is 0 Å². The summed E-state index contributed by atoms with van der Waals surface area (Å²) < 4.78 is 18.6. The third kappa shape index (κ3) is 3.37. The fourth-order valence-corrected chi connectivity index (χ4v) is 2.15. The summed E-state index contributed by atoms with van der Waals surface area (Å²) >= 11 is 11.5. The second-order valence-electron chi connectivity index (χ2n) is 4.08. The minimum atomic E-state index is -0.750. The van der Waals surface area contributed by atoms with E-state index < -0.39 is 11.7 Å². The second kappa shape index (κ2) is 6.20. The van der Waals surface area contributed by atoms with Gasteiger partial charge in [0.1, 0.15) is 11.6 Å². The molecule has 0 atom stereocenters. The summed E-state index contributed by atoms with van der Waals surface area (Å²) in [7, 11) is 1.39. The maximum Gasteiger partial charge on any atom is 0.258 e. The Morgan fingerprint density at radius 3 is 2.62 bits per heavy atom. The fraction of sp³-hybridized carbons (Fsp3) is 0.0714.